The van der Waals surface area contributed by atoms with E-state index in [4.69, 9.17) is 0 Å². The van der Waals surface area contributed by atoms with E-state index in [1.54, 1.807) is 24.6 Å². The van der Waals surface area contributed by atoms with E-state index in [1.807, 2.05) is 12.1 Å². The van der Waals surface area contributed by atoms with Crippen LogP contribution in [0.1, 0.15) is 35.7 Å². The van der Waals surface area contributed by atoms with Gasteiger partial charge in [-0.05, 0) is 48.8 Å². The molecular formula is C20H24N4O3S. The number of piperidine rings is 1. The number of rotatable bonds is 6. The summed E-state index contributed by atoms with van der Waals surface area (Å²) in [5.41, 5.74) is 1.11. The Morgan fingerprint density at radius 2 is 2.07 bits per heavy atom. The van der Waals surface area contributed by atoms with E-state index in [1.165, 1.54) is 30.7 Å². The average Bonchev–Trinajstić information content (AvgIpc) is 2.72. The first kappa shape index (κ1) is 20.1. The highest BCUT2D eigenvalue weighted by molar-refractivity contribution is 7.98. The van der Waals surface area contributed by atoms with Crippen LogP contribution in [-0.4, -0.2) is 35.2 Å². The van der Waals surface area contributed by atoms with Gasteiger partial charge < -0.3 is 10.2 Å². The maximum atomic E-state index is 12.4. The maximum Gasteiger partial charge on any atom is 0.283 e. The van der Waals surface area contributed by atoms with Gasteiger partial charge in [0.2, 0.25) is 0 Å². The smallest absolute Gasteiger partial charge is 0.283 e. The first-order chi connectivity index (χ1) is 13.5. The predicted octanol–water partition coefficient (Wildman–Crippen LogP) is 3.88. The van der Waals surface area contributed by atoms with Gasteiger partial charge in [-0.25, -0.2) is 4.98 Å². The number of amides is 1. The topological polar surface area (TPSA) is 88.4 Å². The number of thioether (sulfide) groups is 1. The Morgan fingerprint density at radius 3 is 2.68 bits per heavy atom. The fourth-order valence-corrected chi connectivity index (χ4v) is 3.75. The van der Waals surface area contributed by atoms with Crippen molar-refractivity contribution in [1.29, 1.82) is 0 Å². The molecule has 1 amide bonds. The third-order valence-electron chi connectivity index (χ3n) is 5.01. The van der Waals surface area contributed by atoms with E-state index in [0.717, 1.165) is 30.4 Å². The minimum absolute atomic E-state index is 0.0537. The zero-order valence-electron chi connectivity index (χ0n) is 16.1. The van der Waals surface area contributed by atoms with Crippen LogP contribution in [0.3, 0.4) is 0 Å². The molecule has 0 spiro atoms. The molecule has 1 saturated heterocycles. The maximum absolute atomic E-state index is 12.4. The average molecular weight is 401 g/mol. The Morgan fingerprint density at radius 1 is 1.32 bits per heavy atom. The van der Waals surface area contributed by atoms with Gasteiger partial charge in [0.05, 0.1) is 9.82 Å². The predicted molar refractivity (Wildman–Crippen MR) is 111 cm³/mol. The van der Waals surface area contributed by atoms with Crippen LogP contribution in [0.2, 0.25) is 0 Å². The molecule has 1 aromatic heterocycles. The lowest BCUT2D eigenvalue weighted by molar-refractivity contribution is -0.387. The molecule has 0 saturated carbocycles. The third-order valence-corrected chi connectivity index (χ3v) is 5.79. The molecule has 1 N–H and O–H groups in total. The number of nitro benzene ring substituents is 1. The molecular weight excluding hydrogens is 376 g/mol. The highest BCUT2D eigenvalue weighted by atomic mass is 32.2. The molecule has 28 heavy (non-hydrogen) atoms. The Balaban J connectivity index is 1.60. The van der Waals surface area contributed by atoms with E-state index in [0.29, 0.717) is 11.4 Å². The standard InChI is InChI=1S/C20H24N4O3S/c1-14-7-9-23(10-8-14)19-6-3-15(12-21-19)13-22-20(25)16-4-5-18(28-2)17(11-16)24(26)27/h3-6,11-12,14H,7-10,13H2,1-2H3,(H,22,25). The summed E-state index contributed by atoms with van der Waals surface area (Å²) in [6, 6.07) is 8.47. The van der Waals surface area contributed by atoms with Gasteiger partial charge in [0.1, 0.15) is 5.82 Å². The van der Waals surface area contributed by atoms with Crippen molar-refractivity contribution < 1.29 is 9.72 Å². The molecule has 1 aliphatic heterocycles. The number of nitrogens with zero attached hydrogens (tertiary/aromatic N) is 3. The summed E-state index contributed by atoms with van der Waals surface area (Å²) in [5, 5.41) is 14.0. The lowest BCUT2D eigenvalue weighted by Crippen LogP contribution is -2.33. The quantitative estimate of drug-likeness (QED) is 0.450. The fraction of sp³-hybridized carbons (Fsp3) is 0.400. The number of carbonyl (C=O) groups excluding carboxylic acids is 1. The Hall–Kier alpha value is -2.61. The molecule has 148 valence electrons. The van der Waals surface area contributed by atoms with Crippen molar-refractivity contribution in [2.24, 2.45) is 5.92 Å². The fourth-order valence-electron chi connectivity index (χ4n) is 3.20. The minimum atomic E-state index is -0.466. The molecule has 0 bridgehead atoms. The summed E-state index contributed by atoms with van der Waals surface area (Å²) in [5.74, 6) is 1.39. The van der Waals surface area contributed by atoms with E-state index in [9.17, 15) is 14.9 Å². The van der Waals surface area contributed by atoms with Gasteiger partial charge in [-0.2, -0.15) is 0 Å². The molecule has 8 heteroatoms. The van der Waals surface area contributed by atoms with Crippen molar-refractivity contribution in [3.05, 3.63) is 57.8 Å². The third kappa shape index (κ3) is 4.81. The zero-order chi connectivity index (χ0) is 20.1. The van der Waals surface area contributed by atoms with Crippen molar-refractivity contribution >= 4 is 29.2 Å². The number of carbonyl (C=O) groups is 1. The number of pyridine rings is 1. The van der Waals surface area contributed by atoms with Gasteiger partial charge in [0, 0.05) is 37.5 Å². The van der Waals surface area contributed by atoms with Crippen LogP contribution in [0.5, 0.6) is 0 Å². The first-order valence-corrected chi connectivity index (χ1v) is 10.5. The largest absolute Gasteiger partial charge is 0.357 e. The van der Waals surface area contributed by atoms with Crippen molar-refractivity contribution in [3.8, 4) is 0 Å². The van der Waals surface area contributed by atoms with Gasteiger partial charge in [-0.15, -0.1) is 11.8 Å². The number of hydrogen-bond donors (Lipinski definition) is 1. The molecule has 0 atom stereocenters. The summed E-state index contributed by atoms with van der Waals surface area (Å²) in [6.45, 7) is 4.64. The van der Waals surface area contributed by atoms with E-state index < -0.39 is 4.92 Å². The Labute approximate surface area is 168 Å². The molecule has 2 heterocycles. The second-order valence-corrected chi connectivity index (χ2v) is 7.87. The molecule has 0 unspecified atom stereocenters. The second kappa shape index (κ2) is 9.05. The lowest BCUT2D eigenvalue weighted by atomic mass is 9.99. The van der Waals surface area contributed by atoms with Crippen LogP contribution in [0.25, 0.3) is 0 Å². The Kier molecular flexibility index (Phi) is 6.51. The van der Waals surface area contributed by atoms with Crippen LogP contribution in [0, 0.1) is 16.0 Å². The van der Waals surface area contributed by atoms with Crippen molar-refractivity contribution in [3.63, 3.8) is 0 Å². The molecule has 1 fully saturated rings. The molecule has 0 aliphatic carbocycles. The van der Waals surface area contributed by atoms with E-state index >= 15 is 0 Å². The number of anilines is 1. The minimum Gasteiger partial charge on any atom is -0.357 e. The van der Waals surface area contributed by atoms with Crippen LogP contribution in [-0.2, 0) is 6.54 Å². The van der Waals surface area contributed by atoms with Crippen LogP contribution >= 0.6 is 11.8 Å². The highest BCUT2D eigenvalue weighted by Crippen LogP contribution is 2.28. The summed E-state index contributed by atoms with van der Waals surface area (Å²) >= 11 is 1.28. The van der Waals surface area contributed by atoms with E-state index in [2.05, 4.69) is 22.1 Å². The monoisotopic (exact) mass is 400 g/mol. The van der Waals surface area contributed by atoms with Crippen LogP contribution in [0.15, 0.2) is 41.4 Å². The highest BCUT2D eigenvalue weighted by Gasteiger charge is 2.18. The summed E-state index contributed by atoms with van der Waals surface area (Å²) in [6.07, 6.45) is 5.90. The number of nitro groups is 1. The molecule has 1 aliphatic rings. The summed E-state index contributed by atoms with van der Waals surface area (Å²) in [4.78, 5) is 30.4. The molecule has 1 aromatic carbocycles. The SMILES string of the molecule is CSc1ccc(C(=O)NCc2ccc(N3CCC(C)CC3)nc2)cc1[N+](=O)[O-]. The van der Waals surface area contributed by atoms with Gasteiger partial charge in [0.15, 0.2) is 0 Å². The van der Waals surface area contributed by atoms with Gasteiger partial charge in [-0.1, -0.05) is 13.0 Å². The van der Waals surface area contributed by atoms with E-state index in [-0.39, 0.29) is 17.2 Å². The number of nitrogens with one attached hydrogen (secondary N) is 1. The van der Waals surface area contributed by atoms with Crippen molar-refractivity contribution in [2.45, 2.75) is 31.2 Å². The van der Waals surface area contributed by atoms with Gasteiger partial charge >= 0.3 is 0 Å². The van der Waals surface area contributed by atoms with Gasteiger partial charge in [0.25, 0.3) is 11.6 Å². The number of hydrogen-bond acceptors (Lipinski definition) is 6. The number of benzene rings is 1. The van der Waals surface area contributed by atoms with Crippen LogP contribution in [0.4, 0.5) is 11.5 Å². The zero-order valence-corrected chi connectivity index (χ0v) is 16.9. The first-order valence-electron chi connectivity index (χ1n) is 9.28. The molecule has 7 nitrogen and oxygen atoms in total. The molecule has 3 rings (SSSR count). The summed E-state index contributed by atoms with van der Waals surface area (Å²) in [7, 11) is 0. The molecule has 2 aromatic rings. The Bertz CT molecular complexity index is 849. The second-order valence-electron chi connectivity index (χ2n) is 7.02. The van der Waals surface area contributed by atoms with Crippen molar-refractivity contribution in [2.75, 3.05) is 24.2 Å². The normalized spacial score (nSPS) is 14.7. The number of aromatic nitrogens is 1. The van der Waals surface area contributed by atoms with Crippen LogP contribution < -0.4 is 10.2 Å². The van der Waals surface area contributed by atoms with Crippen molar-refractivity contribution in [1.82, 2.24) is 10.3 Å². The molecule has 0 radical (unpaired) electrons. The van der Waals surface area contributed by atoms with Gasteiger partial charge in [-0.3, -0.25) is 14.9 Å². The summed E-state index contributed by atoms with van der Waals surface area (Å²) < 4.78 is 0. The lowest BCUT2D eigenvalue weighted by Gasteiger charge is -2.31.